The smallest absolute Gasteiger partial charge is 0.115 e. The fourth-order valence-electron chi connectivity index (χ4n) is 1.08. The lowest BCUT2D eigenvalue weighted by atomic mass is 9.99. The van der Waals surface area contributed by atoms with Crippen LogP contribution < -0.4 is 0 Å². The van der Waals surface area contributed by atoms with Crippen molar-refractivity contribution in [2.45, 2.75) is 38.6 Å². The number of nitroso groups, excluding NO2 is 1. The highest BCUT2D eigenvalue weighted by Gasteiger charge is 2.16. The molecule has 0 aliphatic heterocycles. The SMILES string of the molecule is C=C/C=C(O)\C=C/CCCC(C)(C)N=O. The van der Waals surface area contributed by atoms with E-state index in [1.54, 1.807) is 6.08 Å². The quantitative estimate of drug-likeness (QED) is 0.299. The van der Waals surface area contributed by atoms with Crippen LogP contribution in [0.1, 0.15) is 33.1 Å². The van der Waals surface area contributed by atoms with Crippen LogP contribution in [0.4, 0.5) is 0 Å². The molecule has 0 radical (unpaired) electrons. The summed E-state index contributed by atoms with van der Waals surface area (Å²) in [4.78, 5) is 10.4. The lowest BCUT2D eigenvalue weighted by Crippen LogP contribution is -2.14. The van der Waals surface area contributed by atoms with Gasteiger partial charge < -0.3 is 5.11 Å². The average Bonchev–Trinajstić information content (AvgIpc) is 2.17. The van der Waals surface area contributed by atoms with Gasteiger partial charge in [0.1, 0.15) is 5.76 Å². The predicted octanol–water partition coefficient (Wildman–Crippen LogP) is 3.89. The minimum absolute atomic E-state index is 0.192. The Balaban J connectivity index is 3.76. The summed E-state index contributed by atoms with van der Waals surface area (Å²) < 4.78 is 0. The number of hydrogen-bond donors (Lipinski definition) is 1. The molecule has 0 bridgehead atoms. The fourth-order valence-corrected chi connectivity index (χ4v) is 1.08. The van der Waals surface area contributed by atoms with E-state index in [-0.39, 0.29) is 5.76 Å². The van der Waals surface area contributed by atoms with Gasteiger partial charge in [-0.2, -0.15) is 4.91 Å². The Labute approximate surface area is 91.2 Å². The highest BCUT2D eigenvalue weighted by atomic mass is 16.3. The van der Waals surface area contributed by atoms with Crippen molar-refractivity contribution in [1.29, 1.82) is 0 Å². The normalized spacial score (nSPS) is 13.1. The largest absolute Gasteiger partial charge is 0.508 e. The molecule has 1 N–H and O–H groups in total. The molecule has 0 fully saturated rings. The van der Waals surface area contributed by atoms with Crippen LogP contribution in [-0.2, 0) is 0 Å². The molecule has 0 unspecified atom stereocenters. The average molecular weight is 209 g/mol. The molecular weight excluding hydrogens is 190 g/mol. The molecule has 0 atom stereocenters. The molecule has 0 rings (SSSR count). The van der Waals surface area contributed by atoms with E-state index < -0.39 is 5.54 Å². The summed E-state index contributed by atoms with van der Waals surface area (Å²) >= 11 is 0. The molecule has 3 heteroatoms. The topological polar surface area (TPSA) is 49.7 Å². The van der Waals surface area contributed by atoms with Crippen molar-refractivity contribution < 1.29 is 5.11 Å². The summed E-state index contributed by atoms with van der Waals surface area (Å²) in [5, 5.41) is 12.2. The van der Waals surface area contributed by atoms with Crippen LogP contribution in [0, 0.1) is 4.91 Å². The van der Waals surface area contributed by atoms with Gasteiger partial charge >= 0.3 is 0 Å². The van der Waals surface area contributed by atoms with E-state index in [0.29, 0.717) is 0 Å². The third-order valence-corrected chi connectivity index (χ3v) is 1.98. The van der Waals surface area contributed by atoms with Gasteiger partial charge in [0.2, 0.25) is 0 Å². The van der Waals surface area contributed by atoms with Gasteiger partial charge in [-0.05, 0) is 45.3 Å². The molecule has 84 valence electrons. The Morgan fingerprint density at radius 1 is 1.53 bits per heavy atom. The van der Waals surface area contributed by atoms with E-state index in [2.05, 4.69) is 11.8 Å². The first-order valence-corrected chi connectivity index (χ1v) is 5.04. The number of unbranched alkanes of at least 4 members (excludes halogenated alkanes) is 1. The molecule has 0 saturated carbocycles. The highest BCUT2D eigenvalue weighted by molar-refractivity contribution is 5.15. The number of hydrogen-bond acceptors (Lipinski definition) is 3. The Morgan fingerprint density at radius 3 is 2.73 bits per heavy atom. The second-order valence-electron chi connectivity index (χ2n) is 4.03. The summed E-state index contributed by atoms with van der Waals surface area (Å²) in [6.07, 6.45) is 9.02. The molecule has 0 aromatic carbocycles. The van der Waals surface area contributed by atoms with Crippen molar-refractivity contribution in [3.63, 3.8) is 0 Å². The predicted molar refractivity (Wildman–Crippen MR) is 63.8 cm³/mol. The molecule has 0 aliphatic rings. The zero-order chi connectivity index (χ0) is 11.7. The van der Waals surface area contributed by atoms with Crippen molar-refractivity contribution in [1.82, 2.24) is 0 Å². The Kier molecular flexibility index (Phi) is 6.34. The Morgan fingerprint density at radius 2 is 2.20 bits per heavy atom. The molecule has 0 spiro atoms. The van der Waals surface area contributed by atoms with Gasteiger partial charge in [0.15, 0.2) is 0 Å². The minimum atomic E-state index is -0.479. The summed E-state index contributed by atoms with van der Waals surface area (Å²) in [6, 6.07) is 0. The molecular formula is C12H19NO2. The zero-order valence-corrected chi connectivity index (χ0v) is 9.44. The number of aliphatic hydroxyl groups is 1. The maximum absolute atomic E-state index is 10.4. The van der Waals surface area contributed by atoms with Crippen LogP contribution in [0.2, 0.25) is 0 Å². The number of rotatable bonds is 7. The van der Waals surface area contributed by atoms with Gasteiger partial charge in [0.05, 0.1) is 5.54 Å². The number of nitrogens with zero attached hydrogens (tertiary/aromatic N) is 1. The monoisotopic (exact) mass is 209 g/mol. The van der Waals surface area contributed by atoms with Gasteiger partial charge in [-0.1, -0.05) is 23.9 Å². The van der Waals surface area contributed by atoms with E-state index in [1.807, 2.05) is 19.9 Å². The van der Waals surface area contributed by atoms with Gasteiger partial charge in [-0.25, -0.2) is 0 Å². The lowest BCUT2D eigenvalue weighted by Gasteiger charge is -2.13. The lowest BCUT2D eigenvalue weighted by molar-refractivity contribution is 0.431. The van der Waals surface area contributed by atoms with Crippen LogP contribution >= 0.6 is 0 Å². The van der Waals surface area contributed by atoms with Crippen molar-refractivity contribution >= 4 is 0 Å². The second kappa shape index (κ2) is 6.98. The van der Waals surface area contributed by atoms with Crippen LogP contribution in [-0.4, -0.2) is 10.6 Å². The van der Waals surface area contributed by atoms with Gasteiger partial charge in [-0.15, -0.1) is 0 Å². The van der Waals surface area contributed by atoms with Crippen molar-refractivity contribution in [3.8, 4) is 0 Å². The molecule has 3 nitrogen and oxygen atoms in total. The van der Waals surface area contributed by atoms with E-state index >= 15 is 0 Å². The van der Waals surface area contributed by atoms with E-state index in [0.717, 1.165) is 19.3 Å². The van der Waals surface area contributed by atoms with Gasteiger partial charge in [0.25, 0.3) is 0 Å². The Bertz CT molecular complexity index is 265. The third kappa shape index (κ3) is 7.67. The number of allylic oxidation sites excluding steroid dienone is 4. The molecule has 0 heterocycles. The van der Waals surface area contributed by atoms with Crippen molar-refractivity contribution in [2.75, 3.05) is 0 Å². The number of aliphatic hydroxyl groups excluding tert-OH is 1. The molecule has 0 aromatic heterocycles. The van der Waals surface area contributed by atoms with Crippen LogP contribution in [0.15, 0.2) is 41.8 Å². The van der Waals surface area contributed by atoms with Crippen LogP contribution in [0.25, 0.3) is 0 Å². The molecule has 15 heavy (non-hydrogen) atoms. The highest BCUT2D eigenvalue weighted by Crippen LogP contribution is 2.17. The van der Waals surface area contributed by atoms with Crippen LogP contribution in [0.3, 0.4) is 0 Å². The van der Waals surface area contributed by atoms with E-state index in [4.69, 9.17) is 0 Å². The first-order valence-electron chi connectivity index (χ1n) is 5.04. The zero-order valence-electron chi connectivity index (χ0n) is 9.44. The van der Waals surface area contributed by atoms with Crippen molar-refractivity contribution in [2.24, 2.45) is 5.18 Å². The van der Waals surface area contributed by atoms with Crippen molar-refractivity contribution in [3.05, 3.63) is 41.5 Å². The van der Waals surface area contributed by atoms with Crippen LogP contribution in [0.5, 0.6) is 0 Å². The molecule has 0 amide bonds. The first kappa shape index (κ1) is 13.6. The maximum Gasteiger partial charge on any atom is 0.115 e. The third-order valence-electron chi connectivity index (χ3n) is 1.98. The second-order valence-corrected chi connectivity index (χ2v) is 4.03. The molecule has 0 saturated heterocycles. The maximum atomic E-state index is 10.4. The summed E-state index contributed by atoms with van der Waals surface area (Å²) in [7, 11) is 0. The summed E-state index contributed by atoms with van der Waals surface area (Å²) in [5.41, 5.74) is -0.479. The summed E-state index contributed by atoms with van der Waals surface area (Å²) in [6.45, 7) is 7.11. The first-order chi connectivity index (χ1) is 7.02. The fraction of sp³-hybridized carbons (Fsp3) is 0.500. The Hall–Kier alpha value is -1.38. The molecule has 0 aliphatic carbocycles. The van der Waals surface area contributed by atoms with Gasteiger partial charge in [0, 0.05) is 0 Å². The van der Waals surface area contributed by atoms with E-state index in [1.165, 1.54) is 12.2 Å². The van der Waals surface area contributed by atoms with E-state index in [9.17, 15) is 10.0 Å². The minimum Gasteiger partial charge on any atom is -0.508 e. The molecule has 0 aromatic rings. The standard InChI is InChI=1S/C12H19NO2/c1-4-8-11(14)9-6-5-7-10-12(2,3)13-15/h4,6,8-9,14H,1,5,7,10H2,2-3H3/b9-6-,11-8+. The summed E-state index contributed by atoms with van der Waals surface area (Å²) in [5.74, 6) is 0.192. The van der Waals surface area contributed by atoms with Gasteiger partial charge in [-0.3, -0.25) is 0 Å².